The van der Waals surface area contributed by atoms with Crippen LogP contribution in [0.1, 0.15) is 21.5 Å². The quantitative estimate of drug-likeness (QED) is 0.373. The highest BCUT2D eigenvalue weighted by Gasteiger charge is 2.25. The Morgan fingerprint density at radius 1 is 1.06 bits per heavy atom. The minimum absolute atomic E-state index is 0.230. The molecule has 7 nitrogen and oxygen atoms in total. The Kier molecular flexibility index (Phi) is 5.55. The number of fused-ring (bicyclic) bond motifs is 2. The molecule has 0 unspecified atom stereocenters. The number of carbonyl (C=O) groups is 1. The van der Waals surface area contributed by atoms with E-state index in [0.717, 1.165) is 11.1 Å². The van der Waals surface area contributed by atoms with E-state index in [-0.39, 0.29) is 17.3 Å². The molecule has 2 aromatic heterocycles. The highest BCUT2D eigenvalue weighted by Crippen LogP contribution is 2.34. The Morgan fingerprint density at radius 2 is 1.76 bits per heavy atom. The molecule has 0 spiro atoms. The molecule has 8 heteroatoms. The van der Waals surface area contributed by atoms with Crippen molar-refractivity contribution in [3.8, 4) is 11.4 Å². The van der Waals surface area contributed by atoms with Gasteiger partial charge >= 0.3 is 0 Å². The molecule has 0 saturated heterocycles. The number of hydrogen-bond acceptors (Lipinski definition) is 5. The van der Waals surface area contributed by atoms with Crippen molar-refractivity contribution in [1.29, 1.82) is 0 Å². The van der Waals surface area contributed by atoms with Crippen molar-refractivity contribution in [3.63, 3.8) is 0 Å². The van der Waals surface area contributed by atoms with Gasteiger partial charge < -0.3 is 15.8 Å². The first-order valence-electron chi connectivity index (χ1n) is 10.7. The zero-order valence-electron chi connectivity index (χ0n) is 18.7. The molecule has 0 aliphatic heterocycles. The summed E-state index contributed by atoms with van der Waals surface area (Å²) in [5.74, 6) is 0.437. The second-order valence-electron chi connectivity index (χ2n) is 7.97. The highest BCUT2D eigenvalue weighted by atomic mass is 35.5. The van der Waals surface area contributed by atoms with Crippen LogP contribution in [0.2, 0.25) is 5.02 Å². The molecule has 0 aliphatic rings. The molecule has 170 valence electrons. The van der Waals surface area contributed by atoms with Gasteiger partial charge in [-0.3, -0.25) is 9.36 Å². The Hall–Kier alpha value is -4.10. The van der Waals surface area contributed by atoms with E-state index < -0.39 is 0 Å². The fraction of sp³-hybridized carbons (Fsp3) is 0.115. The van der Waals surface area contributed by atoms with E-state index in [9.17, 15) is 4.79 Å². The predicted molar refractivity (Wildman–Crippen MR) is 135 cm³/mol. The topological polar surface area (TPSA) is 95.1 Å². The van der Waals surface area contributed by atoms with Gasteiger partial charge in [-0.15, -0.1) is 0 Å². The molecule has 34 heavy (non-hydrogen) atoms. The molecule has 5 rings (SSSR count). The number of halogens is 1. The number of aromatic nitrogens is 3. The van der Waals surface area contributed by atoms with Crippen molar-refractivity contribution < 1.29 is 9.53 Å². The first-order valence-corrected chi connectivity index (χ1v) is 11.1. The Labute approximate surface area is 201 Å². The number of nitrogens with two attached hydrogens (primary N) is 1. The molecular formula is C26H22ClN5O2. The number of ether oxygens (including phenoxy) is 1. The number of amides is 1. The summed E-state index contributed by atoms with van der Waals surface area (Å²) in [5, 5.41) is 3.38. The predicted octanol–water partition coefficient (Wildman–Crippen LogP) is 5.06. The van der Waals surface area contributed by atoms with E-state index in [2.05, 4.69) is 5.32 Å². The fourth-order valence-corrected chi connectivity index (χ4v) is 4.17. The van der Waals surface area contributed by atoms with Crippen LogP contribution in [0, 0.1) is 6.92 Å². The molecule has 0 radical (unpaired) electrons. The monoisotopic (exact) mass is 471 g/mol. The van der Waals surface area contributed by atoms with Crippen molar-refractivity contribution in [2.45, 2.75) is 13.5 Å². The van der Waals surface area contributed by atoms with E-state index in [4.69, 9.17) is 32.0 Å². The summed E-state index contributed by atoms with van der Waals surface area (Å²) in [5.41, 5.74) is 11.9. The van der Waals surface area contributed by atoms with Gasteiger partial charge in [-0.2, -0.15) is 0 Å². The van der Waals surface area contributed by atoms with E-state index >= 15 is 0 Å². The van der Waals surface area contributed by atoms with Gasteiger partial charge in [0.05, 0.1) is 28.9 Å². The lowest BCUT2D eigenvalue weighted by molar-refractivity contribution is 0.0953. The van der Waals surface area contributed by atoms with Gasteiger partial charge in [0, 0.05) is 6.54 Å². The van der Waals surface area contributed by atoms with Crippen LogP contribution in [0.15, 0.2) is 66.7 Å². The lowest BCUT2D eigenvalue weighted by atomic mass is 10.1. The third-order valence-electron chi connectivity index (χ3n) is 5.69. The Bertz CT molecular complexity index is 1540. The van der Waals surface area contributed by atoms with Crippen LogP contribution in [0.5, 0.6) is 5.75 Å². The summed E-state index contributed by atoms with van der Waals surface area (Å²) in [4.78, 5) is 22.9. The van der Waals surface area contributed by atoms with Gasteiger partial charge in [-0.05, 0) is 42.8 Å². The van der Waals surface area contributed by atoms with Crippen molar-refractivity contribution in [3.05, 3.63) is 88.4 Å². The SMILES string of the molecule is COc1ccc(-n2c(N)c(C(=O)NCc3ccc(C)cc3)c3nc4ccccc4nc32)cc1Cl. The number of nitrogens with zero attached hydrogens (tertiary/aromatic N) is 3. The van der Waals surface area contributed by atoms with E-state index in [1.54, 1.807) is 23.8 Å². The molecule has 3 N–H and O–H groups in total. The molecule has 0 atom stereocenters. The van der Waals surface area contributed by atoms with Gasteiger partial charge in [0.1, 0.15) is 22.6 Å². The number of methoxy groups -OCH3 is 1. The fourth-order valence-electron chi connectivity index (χ4n) is 3.92. The molecule has 0 bridgehead atoms. The molecule has 0 aliphatic carbocycles. The summed E-state index contributed by atoms with van der Waals surface area (Å²) < 4.78 is 6.97. The smallest absolute Gasteiger partial charge is 0.257 e. The standard InChI is InChI=1S/C26H22ClN5O2/c1-15-7-9-16(10-8-15)14-29-26(33)22-23-25(31-20-6-4-3-5-19(20)30-23)32(24(22)28)17-11-12-21(34-2)18(27)13-17/h3-13H,14,28H2,1-2H3,(H,29,33). The maximum absolute atomic E-state index is 13.3. The summed E-state index contributed by atoms with van der Waals surface area (Å²) in [6.07, 6.45) is 0. The minimum Gasteiger partial charge on any atom is -0.495 e. The van der Waals surface area contributed by atoms with Gasteiger partial charge in [0.2, 0.25) is 0 Å². The lowest BCUT2D eigenvalue weighted by Gasteiger charge is -2.10. The first kappa shape index (κ1) is 21.7. The molecule has 0 fully saturated rings. The summed E-state index contributed by atoms with van der Waals surface area (Å²) >= 11 is 6.38. The number of benzene rings is 3. The first-order chi connectivity index (χ1) is 16.5. The van der Waals surface area contributed by atoms with Gasteiger partial charge in [-0.25, -0.2) is 9.97 Å². The van der Waals surface area contributed by atoms with Crippen molar-refractivity contribution in [1.82, 2.24) is 19.9 Å². The van der Waals surface area contributed by atoms with Gasteiger partial charge in [0.25, 0.3) is 5.91 Å². The summed E-state index contributed by atoms with van der Waals surface area (Å²) in [7, 11) is 1.55. The lowest BCUT2D eigenvalue weighted by Crippen LogP contribution is -2.24. The molecule has 2 heterocycles. The second kappa shape index (κ2) is 8.68. The molecule has 1 amide bonds. The second-order valence-corrected chi connectivity index (χ2v) is 8.37. The van der Waals surface area contributed by atoms with Crippen molar-refractivity contribution in [2.24, 2.45) is 0 Å². The number of carbonyl (C=O) groups excluding carboxylic acids is 1. The number of nitrogen functional groups attached to an aromatic ring is 1. The molecule has 3 aromatic carbocycles. The summed E-state index contributed by atoms with van der Waals surface area (Å²) in [6, 6.07) is 20.7. The van der Waals surface area contributed by atoms with Gasteiger partial charge in [0.15, 0.2) is 5.65 Å². The van der Waals surface area contributed by atoms with E-state index in [0.29, 0.717) is 45.2 Å². The van der Waals surface area contributed by atoms with Crippen molar-refractivity contribution in [2.75, 3.05) is 12.8 Å². The maximum atomic E-state index is 13.3. The van der Waals surface area contributed by atoms with Crippen LogP contribution < -0.4 is 15.8 Å². The number of hydrogen-bond donors (Lipinski definition) is 2. The summed E-state index contributed by atoms with van der Waals surface area (Å²) in [6.45, 7) is 2.38. The number of rotatable bonds is 5. The average Bonchev–Trinajstić information content (AvgIpc) is 3.12. The third-order valence-corrected chi connectivity index (χ3v) is 5.99. The third kappa shape index (κ3) is 3.80. The Balaban J connectivity index is 1.65. The zero-order chi connectivity index (χ0) is 23.8. The number of aryl methyl sites for hydroxylation is 1. The van der Waals surface area contributed by atoms with Gasteiger partial charge in [-0.1, -0.05) is 53.6 Å². The average molecular weight is 472 g/mol. The molecule has 0 saturated carbocycles. The van der Waals surface area contributed by atoms with Crippen LogP contribution in [0.25, 0.3) is 27.9 Å². The highest BCUT2D eigenvalue weighted by molar-refractivity contribution is 6.32. The van der Waals surface area contributed by atoms with Crippen LogP contribution in [-0.2, 0) is 6.54 Å². The number of nitrogens with one attached hydrogen (secondary N) is 1. The van der Waals surface area contributed by atoms with Crippen molar-refractivity contribution >= 4 is 45.5 Å². The maximum Gasteiger partial charge on any atom is 0.257 e. The van der Waals surface area contributed by atoms with Crippen LogP contribution in [0.3, 0.4) is 0 Å². The molecule has 5 aromatic rings. The van der Waals surface area contributed by atoms with E-state index in [1.165, 1.54) is 0 Å². The zero-order valence-corrected chi connectivity index (χ0v) is 19.4. The largest absolute Gasteiger partial charge is 0.495 e. The van der Waals surface area contributed by atoms with Crippen LogP contribution in [-0.4, -0.2) is 27.6 Å². The normalized spacial score (nSPS) is 11.1. The van der Waals surface area contributed by atoms with Crippen LogP contribution in [0.4, 0.5) is 5.82 Å². The van der Waals surface area contributed by atoms with Crippen LogP contribution >= 0.6 is 11.6 Å². The number of para-hydroxylation sites is 2. The minimum atomic E-state index is -0.328. The molecular weight excluding hydrogens is 450 g/mol. The number of anilines is 1. The Morgan fingerprint density at radius 3 is 2.44 bits per heavy atom. The van der Waals surface area contributed by atoms with E-state index in [1.807, 2.05) is 61.5 Å².